The second kappa shape index (κ2) is 5.50. The lowest BCUT2D eigenvalue weighted by Crippen LogP contribution is -2.18. The number of rotatable bonds is 4. The molecular formula is C14H18N2OS. The monoisotopic (exact) mass is 262 g/mol. The lowest BCUT2D eigenvalue weighted by atomic mass is 10.0. The van der Waals surface area contributed by atoms with Gasteiger partial charge in [0, 0.05) is 29.2 Å². The third-order valence-electron chi connectivity index (χ3n) is 2.88. The van der Waals surface area contributed by atoms with Crippen molar-refractivity contribution in [2.75, 3.05) is 0 Å². The molecule has 0 radical (unpaired) electrons. The number of nitrogens with zero attached hydrogens (tertiary/aromatic N) is 1. The summed E-state index contributed by atoms with van der Waals surface area (Å²) < 4.78 is 0. The largest absolute Gasteiger partial charge is 0.508 e. The van der Waals surface area contributed by atoms with E-state index in [2.05, 4.69) is 17.2 Å². The molecule has 4 heteroatoms. The summed E-state index contributed by atoms with van der Waals surface area (Å²) in [5.41, 5.74) is 3.15. The van der Waals surface area contributed by atoms with Crippen LogP contribution in [0.1, 0.15) is 34.8 Å². The molecule has 0 aliphatic heterocycles. The van der Waals surface area contributed by atoms with Crippen molar-refractivity contribution in [3.8, 4) is 5.75 Å². The second-order valence-electron chi connectivity index (χ2n) is 4.55. The Balaban J connectivity index is 2.03. The van der Waals surface area contributed by atoms with Crippen LogP contribution in [0.25, 0.3) is 0 Å². The Bertz CT molecular complexity index is 536. The van der Waals surface area contributed by atoms with Crippen molar-refractivity contribution >= 4 is 11.3 Å². The van der Waals surface area contributed by atoms with Crippen LogP contribution in [0.2, 0.25) is 0 Å². The van der Waals surface area contributed by atoms with E-state index in [1.807, 2.05) is 31.4 Å². The number of hydrogen-bond acceptors (Lipinski definition) is 4. The Hall–Kier alpha value is -1.39. The molecule has 0 fully saturated rings. The Morgan fingerprint density at radius 3 is 2.83 bits per heavy atom. The van der Waals surface area contributed by atoms with E-state index >= 15 is 0 Å². The van der Waals surface area contributed by atoms with Crippen LogP contribution in [0.3, 0.4) is 0 Å². The molecule has 0 aliphatic rings. The van der Waals surface area contributed by atoms with E-state index in [4.69, 9.17) is 0 Å². The van der Waals surface area contributed by atoms with Gasteiger partial charge in [0.15, 0.2) is 0 Å². The summed E-state index contributed by atoms with van der Waals surface area (Å²) in [4.78, 5) is 4.41. The number of phenolic OH excluding ortho intramolecular Hbond substituents is 1. The quantitative estimate of drug-likeness (QED) is 0.888. The molecule has 2 aromatic rings. The molecule has 1 unspecified atom stereocenters. The molecule has 2 rings (SSSR count). The van der Waals surface area contributed by atoms with Gasteiger partial charge in [0.05, 0.1) is 0 Å². The fourth-order valence-corrected chi connectivity index (χ4v) is 2.58. The molecule has 0 amide bonds. The minimum atomic E-state index is 0.106. The number of aromatic hydroxyl groups is 1. The average Bonchev–Trinajstić information content (AvgIpc) is 2.75. The molecule has 0 saturated heterocycles. The molecule has 96 valence electrons. The van der Waals surface area contributed by atoms with Gasteiger partial charge in [0.25, 0.3) is 0 Å². The smallest absolute Gasteiger partial charge is 0.120 e. The first-order chi connectivity index (χ1) is 8.56. The number of nitrogens with one attached hydrogen (secondary N) is 1. The van der Waals surface area contributed by atoms with Crippen molar-refractivity contribution in [3.05, 3.63) is 45.4 Å². The van der Waals surface area contributed by atoms with Gasteiger partial charge in [-0.2, -0.15) is 0 Å². The molecule has 0 spiro atoms. The zero-order valence-corrected chi connectivity index (χ0v) is 11.7. The van der Waals surface area contributed by atoms with E-state index in [0.29, 0.717) is 5.75 Å². The van der Waals surface area contributed by atoms with Gasteiger partial charge in [-0.15, -0.1) is 11.3 Å². The fraction of sp³-hybridized carbons (Fsp3) is 0.357. The van der Waals surface area contributed by atoms with Crippen molar-refractivity contribution in [1.29, 1.82) is 0 Å². The van der Waals surface area contributed by atoms with Crippen LogP contribution in [0.5, 0.6) is 5.75 Å². The minimum absolute atomic E-state index is 0.106. The van der Waals surface area contributed by atoms with Crippen LogP contribution in [-0.4, -0.2) is 10.1 Å². The summed E-state index contributed by atoms with van der Waals surface area (Å²) in [6.45, 7) is 6.80. The standard InChI is InChI=1S/C14H18N2OS/c1-9-4-5-13(17)12(6-9)11(3)15-7-14-16-10(2)8-18-14/h4-6,8,11,15,17H,7H2,1-3H3. The van der Waals surface area contributed by atoms with Crippen LogP contribution < -0.4 is 5.32 Å². The minimum Gasteiger partial charge on any atom is -0.508 e. The van der Waals surface area contributed by atoms with Gasteiger partial charge in [-0.3, -0.25) is 0 Å². The third kappa shape index (κ3) is 3.09. The van der Waals surface area contributed by atoms with Gasteiger partial charge >= 0.3 is 0 Å². The fourth-order valence-electron chi connectivity index (χ4n) is 1.86. The Morgan fingerprint density at radius 1 is 1.39 bits per heavy atom. The maximum absolute atomic E-state index is 9.85. The first-order valence-corrected chi connectivity index (χ1v) is 6.88. The van der Waals surface area contributed by atoms with Crippen molar-refractivity contribution in [2.24, 2.45) is 0 Å². The summed E-state index contributed by atoms with van der Waals surface area (Å²) in [6, 6.07) is 5.78. The van der Waals surface area contributed by atoms with Crippen molar-refractivity contribution < 1.29 is 5.11 Å². The Labute approximate surface area is 112 Å². The lowest BCUT2D eigenvalue weighted by Gasteiger charge is -2.15. The highest BCUT2D eigenvalue weighted by Crippen LogP contribution is 2.25. The van der Waals surface area contributed by atoms with Gasteiger partial charge in [-0.1, -0.05) is 17.7 Å². The van der Waals surface area contributed by atoms with Crippen LogP contribution in [0.4, 0.5) is 0 Å². The molecule has 1 heterocycles. The molecule has 0 bridgehead atoms. The average molecular weight is 262 g/mol. The van der Waals surface area contributed by atoms with Crippen LogP contribution >= 0.6 is 11.3 Å². The van der Waals surface area contributed by atoms with Gasteiger partial charge in [-0.25, -0.2) is 4.98 Å². The van der Waals surface area contributed by atoms with Crippen LogP contribution in [0, 0.1) is 13.8 Å². The molecule has 1 aromatic heterocycles. The molecule has 18 heavy (non-hydrogen) atoms. The number of aromatic nitrogens is 1. The Morgan fingerprint density at radius 2 is 2.17 bits per heavy atom. The molecule has 2 N–H and O–H groups in total. The number of benzene rings is 1. The van der Waals surface area contributed by atoms with Crippen LogP contribution in [-0.2, 0) is 6.54 Å². The molecular weight excluding hydrogens is 244 g/mol. The van der Waals surface area contributed by atoms with Gasteiger partial charge in [-0.05, 0) is 26.8 Å². The van der Waals surface area contributed by atoms with E-state index < -0.39 is 0 Å². The predicted octanol–water partition coefficient (Wildman–Crippen LogP) is 3.32. The molecule has 0 saturated carbocycles. The lowest BCUT2D eigenvalue weighted by molar-refractivity contribution is 0.452. The maximum Gasteiger partial charge on any atom is 0.120 e. The number of phenols is 1. The molecule has 1 atom stereocenters. The van der Waals surface area contributed by atoms with E-state index in [0.717, 1.165) is 28.4 Å². The Kier molecular flexibility index (Phi) is 3.99. The van der Waals surface area contributed by atoms with E-state index in [1.54, 1.807) is 17.4 Å². The number of aryl methyl sites for hydroxylation is 2. The topological polar surface area (TPSA) is 45.1 Å². The first-order valence-electron chi connectivity index (χ1n) is 6.00. The third-order valence-corrected chi connectivity index (χ3v) is 3.84. The van der Waals surface area contributed by atoms with E-state index in [1.165, 1.54) is 0 Å². The van der Waals surface area contributed by atoms with Crippen molar-refractivity contribution in [1.82, 2.24) is 10.3 Å². The highest BCUT2D eigenvalue weighted by Gasteiger charge is 2.10. The highest BCUT2D eigenvalue weighted by molar-refractivity contribution is 7.09. The van der Waals surface area contributed by atoms with Gasteiger partial charge in [0.1, 0.15) is 10.8 Å². The van der Waals surface area contributed by atoms with E-state index in [-0.39, 0.29) is 6.04 Å². The van der Waals surface area contributed by atoms with Gasteiger partial charge in [0.2, 0.25) is 0 Å². The molecule has 0 aliphatic carbocycles. The zero-order valence-electron chi connectivity index (χ0n) is 10.9. The second-order valence-corrected chi connectivity index (χ2v) is 5.49. The summed E-state index contributed by atoms with van der Waals surface area (Å²) in [5.74, 6) is 0.343. The molecule has 3 nitrogen and oxygen atoms in total. The normalized spacial score (nSPS) is 12.6. The highest BCUT2D eigenvalue weighted by atomic mass is 32.1. The SMILES string of the molecule is Cc1ccc(O)c(C(C)NCc2nc(C)cs2)c1. The maximum atomic E-state index is 9.85. The first kappa shape index (κ1) is 13.1. The molecule has 1 aromatic carbocycles. The summed E-state index contributed by atoms with van der Waals surface area (Å²) in [7, 11) is 0. The van der Waals surface area contributed by atoms with Gasteiger partial charge < -0.3 is 10.4 Å². The van der Waals surface area contributed by atoms with E-state index in [9.17, 15) is 5.11 Å². The predicted molar refractivity (Wildman–Crippen MR) is 74.9 cm³/mol. The number of hydrogen-bond donors (Lipinski definition) is 2. The summed E-state index contributed by atoms with van der Waals surface area (Å²) in [6.07, 6.45) is 0. The van der Waals surface area contributed by atoms with Crippen molar-refractivity contribution in [2.45, 2.75) is 33.4 Å². The number of thiazole rings is 1. The van der Waals surface area contributed by atoms with Crippen molar-refractivity contribution in [3.63, 3.8) is 0 Å². The summed E-state index contributed by atoms with van der Waals surface area (Å²) in [5, 5.41) is 16.4. The zero-order chi connectivity index (χ0) is 13.1. The summed E-state index contributed by atoms with van der Waals surface area (Å²) >= 11 is 1.66. The van der Waals surface area contributed by atoms with Crippen LogP contribution in [0.15, 0.2) is 23.6 Å².